The van der Waals surface area contributed by atoms with E-state index in [9.17, 15) is 9.90 Å². The topological polar surface area (TPSA) is 52.6 Å². The molecule has 0 spiro atoms. The number of aliphatic hydroxyl groups is 1. The fourth-order valence-corrected chi connectivity index (χ4v) is 3.43. The van der Waals surface area contributed by atoms with E-state index in [-0.39, 0.29) is 11.9 Å². The molecule has 2 rings (SSSR count). The summed E-state index contributed by atoms with van der Waals surface area (Å²) >= 11 is 0. The van der Waals surface area contributed by atoms with E-state index in [1.165, 1.54) is 25.7 Å². The highest BCUT2D eigenvalue weighted by Gasteiger charge is 2.39. The Morgan fingerprint density at radius 2 is 2.06 bits per heavy atom. The number of nitrogens with zero attached hydrogens (tertiary/aromatic N) is 1. The van der Waals surface area contributed by atoms with Gasteiger partial charge in [-0.25, -0.2) is 0 Å². The number of rotatable bonds is 3. The number of carbonyl (C=O) groups is 1. The molecule has 4 nitrogen and oxygen atoms in total. The lowest BCUT2D eigenvalue weighted by atomic mass is 9.85. The van der Waals surface area contributed by atoms with E-state index >= 15 is 0 Å². The average molecular weight is 254 g/mol. The van der Waals surface area contributed by atoms with Gasteiger partial charge in [0.2, 0.25) is 5.91 Å². The first kappa shape index (κ1) is 13.8. The molecular formula is C14H26N2O2. The van der Waals surface area contributed by atoms with Gasteiger partial charge >= 0.3 is 0 Å². The third-order valence-corrected chi connectivity index (χ3v) is 4.16. The second-order valence-corrected chi connectivity index (χ2v) is 6.61. The molecule has 18 heavy (non-hydrogen) atoms. The summed E-state index contributed by atoms with van der Waals surface area (Å²) < 4.78 is 0. The van der Waals surface area contributed by atoms with Crippen molar-refractivity contribution in [2.75, 3.05) is 13.6 Å². The maximum atomic E-state index is 12.3. The standard InChI is InChI=1S/C14H26N2O2/c1-14(2,18)9-16(3)13(17)12-8-10-6-4-5-7-11(10)15-12/h10-12,15,18H,4-9H2,1-3H3. The van der Waals surface area contributed by atoms with Gasteiger partial charge in [-0.3, -0.25) is 4.79 Å². The van der Waals surface area contributed by atoms with E-state index in [1.54, 1.807) is 25.8 Å². The molecule has 3 unspecified atom stereocenters. The Bertz CT molecular complexity index is 297. The van der Waals surface area contributed by atoms with Crippen molar-refractivity contribution < 1.29 is 9.90 Å². The summed E-state index contributed by atoms with van der Waals surface area (Å²) in [6.07, 6.45) is 6.04. The number of hydrogen-bond donors (Lipinski definition) is 2. The predicted molar refractivity (Wildman–Crippen MR) is 71.2 cm³/mol. The molecule has 0 aromatic carbocycles. The van der Waals surface area contributed by atoms with Gasteiger partial charge in [-0.1, -0.05) is 12.8 Å². The van der Waals surface area contributed by atoms with Crippen LogP contribution in [0.5, 0.6) is 0 Å². The number of hydrogen-bond acceptors (Lipinski definition) is 3. The monoisotopic (exact) mass is 254 g/mol. The van der Waals surface area contributed by atoms with Crippen molar-refractivity contribution in [1.29, 1.82) is 0 Å². The van der Waals surface area contributed by atoms with E-state index in [2.05, 4.69) is 5.32 Å². The molecule has 2 aliphatic rings. The van der Waals surface area contributed by atoms with Crippen molar-refractivity contribution in [3.63, 3.8) is 0 Å². The van der Waals surface area contributed by atoms with Gasteiger partial charge in [-0.15, -0.1) is 0 Å². The van der Waals surface area contributed by atoms with Gasteiger partial charge in [0, 0.05) is 19.6 Å². The Morgan fingerprint density at radius 1 is 1.39 bits per heavy atom. The minimum absolute atomic E-state index is 0.0366. The summed E-state index contributed by atoms with van der Waals surface area (Å²) in [6.45, 7) is 3.86. The minimum atomic E-state index is -0.824. The number of amides is 1. The second-order valence-electron chi connectivity index (χ2n) is 6.61. The highest BCUT2D eigenvalue weighted by Crippen LogP contribution is 2.33. The van der Waals surface area contributed by atoms with Crippen LogP contribution in [0.2, 0.25) is 0 Å². The van der Waals surface area contributed by atoms with Gasteiger partial charge < -0.3 is 15.3 Å². The lowest BCUT2D eigenvalue weighted by Crippen LogP contribution is -2.48. The van der Waals surface area contributed by atoms with Crippen molar-refractivity contribution in [2.45, 2.75) is 63.6 Å². The largest absolute Gasteiger partial charge is 0.389 e. The minimum Gasteiger partial charge on any atom is -0.389 e. The van der Waals surface area contributed by atoms with Crippen LogP contribution in [0.3, 0.4) is 0 Å². The van der Waals surface area contributed by atoms with Crippen LogP contribution < -0.4 is 5.32 Å². The van der Waals surface area contributed by atoms with Crippen LogP contribution >= 0.6 is 0 Å². The zero-order chi connectivity index (χ0) is 13.3. The molecule has 3 atom stereocenters. The zero-order valence-electron chi connectivity index (χ0n) is 11.8. The molecule has 0 aromatic rings. The third kappa shape index (κ3) is 3.23. The zero-order valence-corrected chi connectivity index (χ0v) is 11.8. The third-order valence-electron chi connectivity index (χ3n) is 4.16. The normalized spacial score (nSPS) is 32.1. The molecule has 0 aromatic heterocycles. The first-order chi connectivity index (χ1) is 8.37. The van der Waals surface area contributed by atoms with E-state index in [4.69, 9.17) is 0 Å². The van der Waals surface area contributed by atoms with Crippen molar-refractivity contribution >= 4 is 5.91 Å². The fraction of sp³-hybridized carbons (Fsp3) is 0.929. The summed E-state index contributed by atoms with van der Waals surface area (Å²) in [6, 6.07) is 0.508. The summed E-state index contributed by atoms with van der Waals surface area (Å²) in [7, 11) is 1.78. The highest BCUT2D eigenvalue weighted by molar-refractivity contribution is 5.82. The van der Waals surface area contributed by atoms with E-state index in [0.29, 0.717) is 18.5 Å². The van der Waals surface area contributed by atoms with Crippen molar-refractivity contribution in [3.05, 3.63) is 0 Å². The molecule has 1 heterocycles. The van der Waals surface area contributed by atoms with Crippen LogP contribution in [0.1, 0.15) is 46.0 Å². The molecule has 1 amide bonds. The first-order valence-corrected chi connectivity index (χ1v) is 7.10. The van der Waals surface area contributed by atoms with Gasteiger partial charge in [0.15, 0.2) is 0 Å². The summed E-state index contributed by atoms with van der Waals surface area (Å²) in [4.78, 5) is 14.0. The van der Waals surface area contributed by atoms with Gasteiger partial charge in [-0.2, -0.15) is 0 Å². The Labute approximate surface area is 110 Å². The Hall–Kier alpha value is -0.610. The maximum absolute atomic E-state index is 12.3. The predicted octanol–water partition coefficient (Wildman–Crippen LogP) is 1.14. The van der Waals surface area contributed by atoms with E-state index in [0.717, 1.165) is 6.42 Å². The molecule has 1 saturated heterocycles. The van der Waals surface area contributed by atoms with E-state index < -0.39 is 5.60 Å². The molecule has 2 fully saturated rings. The molecule has 1 aliphatic carbocycles. The summed E-state index contributed by atoms with van der Waals surface area (Å²) in [5, 5.41) is 13.3. The maximum Gasteiger partial charge on any atom is 0.239 e. The van der Waals surface area contributed by atoms with Crippen LogP contribution in [-0.4, -0.2) is 47.2 Å². The smallest absolute Gasteiger partial charge is 0.239 e. The fourth-order valence-electron chi connectivity index (χ4n) is 3.43. The van der Waals surface area contributed by atoms with Crippen LogP contribution in [0.25, 0.3) is 0 Å². The lowest BCUT2D eigenvalue weighted by molar-refractivity contribution is -0.134. The van der Waals surface area contributed by atoms with E-state index in [1.807, 2.05) is 0 Å². The molecule has 1 saturated carbocycles. The van der Waals surface area contributed by atoms with Crippen LogP contribution in [0, 0.1) is 5.92 Å². The van der Waals surface area contributed by atoms with Gasteiger partial charge in [0.05, 0.1) is 11.6 Å². The van der Waals surface area contributed by atoms with Crippen molar-refractivity contribution in [1.82, 2.24) is 10.2 Å². The molecule has 1 aliphatic heterocycles. The molecule has 4 heteroatoms. The van der Waals surface area contributed by atoms with Gasteiger partial charge in [-0.05, 0) is 39.0 Å². The number of nitrogens with one attached hydrogen (secondary N) is 1. The van der Waals surface area contributed by atoms with Crippen LogP contribution in [0.4, 0.5) is 0 Å². The average Bonchev–Trinajstić information content (AvgIpc) is 2.68. The summed E-state index contributed by atoms with van der Waals surface area (Å²) in [5.41, 5.74) is -0.824. The molecular weight excluding hydrogens is 228 g/mol. The Kier molecular flexibility index (Phi) is 3.97. The van der Waals surface area contributed by atoms with Crippen LogP contribution in [-0.2, 0) is 4.79 Å². The van der Waals surface area contributed by atoms with Gasteiger partial charge in [0.25, 0.3) is 0 Å². The van der Waals surface area contributed by atoms with Crippen molar-refractivity contribution in [3.8, 4) is 0 Å². The lowest BCUT2D eigenvalue weighted by Gasteiger charge is -2.28. The molecule has 0 radical (unpaired) electrons. The number of carbonyl (C=O) groups excluding carboxylic acids is 1. The van der Waals surface area contributed by atoms with Crippen molar-refractivity contribution in [2.24, 2.45) is 5.92 Å². The SMILES string of the molecule is CN(CC(C)(C)O)C(=O)C1CC2CCCCC2N1. The number of fused-ring (bicyclic) bond motifs is 1. The Balaban J connectivity index is 1.90. The Morgan fingerprint density at radius 3 is 2.67 bits per heavy atom. The quantitative estimate of drug-likeness (QED) is 0.794. The van der Waals surface area contributed by atoms with Gasteiger partial charge in [0.1, 0.15) is 0 Å². The molecule has 104 valence electrons. The second kappa shape index (κ2) is 5.17. The molecule has 2 N–H and O–H groups in total. The summed E-state index contributed by atoms with van der Waals surface area (Å²) in [5.74, 6) is 0.815. The number of likely N-dealkylation sites (N-methyl/N-ethyl adjacent to an activating group) is 1. The van der Waals surface area contributed by atoms with Crippen LogP contribution in [0.15, 0.2) is 0 Å². The molecule has 0 bridgehead atoms. The first-order valence-electron chi connectivity index (χ1n) is 7.10. The highest BCUT2D eigenvalue weighted by atomic mass is 16.3.